The van der Waals surface area contributed by atoms with Crippen LogP contribution in [-0.4, -0.2) is 73.7 Å². The Kier molecular flexibility index (Phi) is 20.2. The normalized spacial score (nSPS) is 16.6. The standard InChI is InChI=1S/C38H59F2NO9/c1-4-6-8-12-15-22-37(49-25-26-50-37)23-16-13-10-9-11-14-17-31(38(46,36(44)45)28-33(39)40)34(42)41-32(35(43)47-3)27-29-18-20-30(21-19-29)48-24-7-5-2/h14,17-21,31-33,46H,4-13,15-16,22-28H2,1-3H3,(H,41,42)(H,44,45)/p-1/b17-14+/t31-,32+,38+/m1/s1. The maximum Gasteiger partial charge on any atom is 0.328 e. The fraction of sp³-hybridized carbons (Fsp3) is 0.711. The van der Waals surface area contributed by atoms with Crippen LogP contribution < -0.4 is 15.2 Å². The lowest BCUT2D eigenvalue weighted by molar-refractivity contribution is -0.328. The van der Waals surface area contributed by atoms with Gasteiger partial charge in [-0.3, -0.25) is 4.79 Å². The molecular formula is C38H58F2NO9-. The largest absolute Gasteiger partial charge is 0.547 e. The van der Waals surface area contributed by atoms with Gasteiger partial charge < -0.3 is 39.3 Å². The Labute approximate surface area is 296 Å². The molecule has 1 aromatic rings. The second-order valence-electron chi connectivity index (χ2n) is 13.1. The number of carbonyl (C=O) groups is 3. The van der Waals surface area contributed by atoms with Gasteiger partial charge in [0.05, 0.1) is 38.8 Å². The number of rotatable bonds is 27. The molecule has 0 saturated carbocycles. The van der Waals surface area contributed by atoms with Crippen LogP contribution in [0.25, 0.3) is 0 Å². The molecule has 0 aliphatic carbocycles. The molecule has 1 amide bonds. The predicted molar refractivity (Wildman–Crippen MR) is 183 cm³/mol. The topological polar surface area (TPSA) is 143 Å². The third-order valence-corrected chi connectivity index (χ3v) is 9.03. The summed E-state index contributed by atoms with van der Waals surface area (Å²) in [5.74, 6) is -6.02. The van der Waals surface area contributed by atoms with E-state index in [0.29, 0.717) is 44.0 Å². The van der Waals surface area contributed by atoms with Gasteiger partial charge in [0.15, 0.2) is 5.79 Å². The zero-order chi connectivity index (χ0) is 36.8. The first-order valence-corrected chi connectivity index (χ1v) is 18.3. The number of hydrogen-bond acceptors (Lipinski definition) is 9. The van der Waals surface area contributed by atoms with Crippen molar-refractivity contribution in [1.29, 1.82) is 0 Å². The summed E-state index contributed by atoms with van der Waals surface area (Å²) in [6, 6.07) is 5.55. The molecule has 3 atom stereocenters. The van der Waals surface area contributed by atoms with Crippen molar-refractivity contribution in [3.63, 3.8) is 0 Å². The van der Waals surface area contributed by atoms with Gasteiger partial charge in [0.25, 0.3) is 0 Å². The molecule has 1 aliphatic rings. The predicted octanol–water partition coefficient (Wildman–Crippen LogP) is 5.82. The van der Waals surface area contributed by atoms with E-state index < -0.39 is 54.0 Å². The van der Waals surface area contributed by atoms with Gasteiger partial charge in [0.1, 0.15) is 17.4 Å². The van der Waals surface area contributed by atoms with E-state index in [0.717, 1.165) is 71.0 Å². The zero-order valence-corrected chi connectivity index (χ0v) is 30.1. The minimum Gasteiger partial charge on any atom is -0.547 e. The molecule has 0 radical (unpaired) electrons. The zero-order valence-electron chi connectivity index (χ0n) is 30.1. The van der Waals surface area contributed by atoms with Crippen molar-refractivity contribution in [2.75, 3.05) is 26.9 Å². The van der Waals surface area contributed by atoms with Crippen LogP contribution >= 0.6 is 0 Å². The molecule has 2 rings (SSSR count). The Bertz CT molecular complexity index is 1160. The van der Waals surface area contributed by atoms with Gasteiger partial charge in [0.2, 0.25) is 12.3 Å². The molecule has 1 fully saturated rings. The monoisotopic (exact) mass is 710 g/mol. The summed E-state index contributed by atoms with van der Waals surface area (Å²) in [7, 11) is 1.13. The Balaban J connectivity index is 2.03. The van der Waals surface area contributed by atoms with Crippen LogP contribution in [0.1, 0.15) is 116 Å². The number of aliphatic hydroxyl groups is 1. The molecule has 10 nitrogen and oxygen atoms in total. The van der Waals surface area contributed by atoms with Gasteiger partial charge in [-0.1, -0.05) is 83.1 Å². The van der Waals surface area contributed by atoms with E-state index in [9.17, 15) is 33.4 Å². The third kappa shape index (κ3) is 15.0. The quantitative estimate of drug-likeness (QED) is 0.0656. The second-order valence-corrected chi connectivity index (χ2v) is 13.1. The fourth-order valence-corrected chi connectivity index (χ4v) is 6.08. The average molecular weight is 711 g/mol. The van der Waals surface area contributed by atoms with E-state index >= 15 is 0 Å². The highest BCUT2D eigenvalue weighted by Gasteiger charge is 2.44. The molecule has 2 N–H and O–H groups in total. The smallest absolute Gasteiger partial charge is 0.328 e. The highest BCUT2D eigenvalue weighted by atomic mass is 19.3. The van der Waals surface area contributed by atoms with Crippen molar-refractivity contribution < 1.29 is 52.3 Å². The molecule has 284 valence electrons. The number of amides is 1. The number of halogens is 2. The number of allylic oxidation sites excluding steroid dienone is 1. The van der Waals surface area contributed by atoms with Gasteiger partial charge in [-0.25, -0.2) is 13.6 Å². The molecule has 0 unspecified atom stereocenters. The molecular weight excluding hydrogens is 652 g/mol. The van der Waals surface area contributed by atoms with Gasteiger partial charge >= 0.3 is 5.97 Å². The number of ether oxygens (including phenoxy) is 4. The van der Waals surface area contributed by atoms with E-state index in [1.807, 2.05) is 6.92 Å². The van der Waals surface area contributed by atoms with Crippen LogP contribution in [-0.2, 0) is 35.0 Å². The van der Waals surface area contributed by atoms with E-state index in [1.165, 1.54) is 25.3 Å². The highest BCUT2D eigenvalue weighted by Crippen LogP contribution is 2.32. The number of carboxylic acid groups (broad SMARTS) is 1. The lowest BCUT2D eigenvalue weighted by atomic mass is 9.82. The maximum absolute atomic E-state index is 13.5. The average Bonchev–Trinajstić information content (AvgIpc) is 3.55. The van der Waals surface area contributed by atoms with Crippen molar-refractivity contribution >= 4 is 17.8 Å². The molecule has 50 heavy (non-hydrogen) atoms. The van der Waals surface area contributed by atoms with Crippen molar-refractivity contribution in [1.82, 2.24) is 5.32 Å². The molecule has 12 heteroatoms. The van der Waals surface area contributed by atoms with Crippen molar-refractivity contribution in [3.8, 4) is 5.75 Å². The number of hydrogen-bond donors (Lipinski definition) is 2. The van der Waals surface area contributed by atoms with Gasteiger partial charge in [-0.2, -0.15) is 0 Å². The number of unbranched alkanes of at least 4 members (excludes halogenated alkanes) is 9. The lowest BCUT2D eigenvalue weighted by Crippen LogP contribution is -2.59. The number of carbonyl (C=O) groups excluding carboxylic acids is 3. The summed E-state index contributed by atoms with van der Waals surface area (Å²) in [5.41, 5.74) is -2.60. The van der Waals surface area contributed by atoms with Gasteiger partial charge in [-0.05, 0) is 49.8 Å². The van der Waals surface area contributed by atoms with E-state index in [4.69, 9.17) is 18.9 Å². The Morgan fingerprint density at radius 3 is 2.12 bits per heavy atom. The number of benzene rings is 1. The summed E-state index contributed by atoms with van der Waals surface area (Å²) in [5, 5.41) is 25.3. The van der Waals surface area contributed by atoms with Crippen LogP contribution in [0, 0.1) is 5.92 Å². The first-order chi connectivity index (χ1) is 24.0. The summed E-state index contributed by atoms with van der Waals surface area (Å²) >= 11 is 0. The van der Waals surface area contributed by atoms with Crippen molar-refractivity contribution in [3.05, 3.63) is 42.0 Å². The maximum atomic E-state index is 13.5. The third-order valence-electron chi connectivity index (χ3n) is 9.03. The molecule has 1 aliphatic heterocycles. The number of methoxy groups -OCH3 is 1. The molecule has 1 heterocycles. The Hall–Kier alpha value is -3.09. The summed E-state index contributed by atoms with van der Waals surface area (Å²) in [6.07, 6.45) is 10.9. The van der Waals surface area contributed by atoms with Gasteiger partial charge in [0, 0.05) is 25.7 Å². The summed E-state index contributed by atoms with van der Waals surface area (Å²) < 4.78 is 49.4. The van der Waals surface area contributed by atoms with Gasteiger partial charge in [-0.15, -0.1) is 0 Å². The summed E-state index contributed by atoms with van der Waals surface area (Å²) in [4.78, 5) is 38.1. The molecule has 0 aromatic heterocycles. The van der Waals surface area contributed by atoms with Crippen LogP contribution in [0.3, 0.4) is 0 Å². The second kappa shape index (κ2) is 23.4. The first kappa shape index (κ1) is 43.1. The minimum atomic E-state index is -3.25. The Morgan fingerprint density at radius 2 is 1.56 bits per heavy atom. The van der Waals surface area contributed by atoms with Crippen LogP contribution in [0.2, 0.25) is 0 Å². The summed E-state index contributed by atoms with van der Waals surface area (Å²) in [6.45, 7) is 5.98. The van der Waals surface area contributed by atoms with Crippen LogP contribution in [0.4, 0.5) is 8.78 Å². The van der Waals surface area contributed by atoms with Crippen LogP contribution in [0.5, 0.6) is 5.75 Å². The number of aliphatic carboxylic acids is 1. The Morgan fingerprint density at radius 1 is 0.960 bits per heavy atom. The van der Waals surface area contributed by atoms with Crippen molar-refractivity contribution in [2.45, 2.75) is 140 Å². The van der Waals surface area contributed by atoms with Crippen LogP contribution in [0.15, 0.2) is 36.4 Å². The number of nitrogens with one attached hydrogen (secondary N) is 1. The number of alkyl halides is 2. The van der Waals surface area contributed by atoms with E-state index in [2.05, 4.69) is 12.2 Å². The minimum absolute atomic E-state index is 0.0428. The lowest BCUT2D eigenvalue weighted by Gasteiger charge is -2.35. The first-order valence-electron chi connectivity index (χ1n) is 18.3. The molecule has 1 aromatic carbocycles. The number of esters is 1. The van der Waals surface area contributed by atoms with E-state index in [1.54, 1.807) is 24.3 Å². The molecule has 0 bridgehead atoms. The van der Waals surface area contributed by atoms with E-state index in [-0.39, 0.29) is 6.42 Å². The molecule has 1 saturated heterocycles. The highest BCUT2D eigenvalue weighted by molar-refractivity contribution is 5.92. The SMILES string of the molecule is CCCCCCCC1(CCCCCC/C=C/[C@H](C(=O)N[C@@H](Cc2ccc(OCCCC)cc2)C(=O)OC)[C@@](O)(CC(F)F)C(=O)[O-])OCCO1. The fourth-order valence-electron chi connectivity index (χ4n) is 6.08. The molecule has 0 spiro atoms. The van der Waals surface area contributed by atoms with Crippen molar-refractivity contribution in [2.24, 2.45) is 5.92 Å². The number of carboxylic acids is 1.